The van der Waals surface area contributed by atoms with Crippen molar-refractivity contribution in [3.05, 3.63) is 52.8 Å². The molecule has 0 saturated carbocycles. The molecule has 0 radical (unpaired) electrons. The quantitative estimate of drug-likeness (QED) is 0.733. The molecule has 1 fully saturated rings. The molecule has 1 spiro atoms. The molecule has 1 N–H and O–H groups in total. The number of hydrogen-bond donors (Lipinski definition) is 1. The number of nitrogens with one attached hydrogen (secondary N) is 1. The summed E-state index contributed by atoms with van der Waals surface area (Å²) < 4.78 is 0. The molecule has 26 heavy (non-hydrogen) atoms. The summed E-state index contributed by atoms with van der Waals surface area (Å²) >= 11 is 0. The maximum Gasteiger partial charge on any atom is 0.147 e. The normalized spacial score (nSPS) is 21.9. The lowest BCUT2D eigenvalue weighted by Gasteiger charge is -2.41. The molecule has 0 amide bonds. The highest BCUT2D eigenvalue weighted by molar-refractivity contribution is 5.87. The number of pyridine rings is 1. The van der Waals surface area contributed by atoms with Gasteiger partial charge in [-0.1, -0.05) is 18.2 Å². The van der Waals surface area contributed by atoms with E-state index in [2.05, 4.69) is 21.2 Å². The molecule has 5 nitrogen and oxygen atoms in total. The van der Waals surface area contributed by atoms with Gasteiger partial charge in [0.1, 0.15) is 11.9 Å². The third-order valence-electron chi connectivity index (χ3n) is 6.24. The van der Waals surface area contributed by atoms with Gasteiger partial charge in [0.05, 0.1) is 17.3 Å². The molecular weight excluding hydrogens is 322 g/mol. The third-order valence-corrected chi connectivity index (χ3v) is 6.24. The number of rotatable bonds is 1. The maximum absolute atomic E-state index is 9.84. The standard InChI is InChI=1S/C21H21N5/c1-14-16-5-2-3-6-18(16)24-20(17(14)11-22)26-10-4-8-21(13-26)9-7-15-12-23-25-19(15)21/h2-3,5-6,12H,4,7-10,13H2,1H3,(H,23,25). The molecule has 1 aliphatic heterocycles. The van der Waals surface area contributed by atoms with Gasteiger partial charge in [-0.15, -0.1) is 0 Å². The molecule has 130 valence electrons. The highest BCUT2D eigenvalue weighted by atomic mass is 15.2. The summed E-state index contributed by atoms with van der Waals surface area (Å²) in [5, 5.41) is 18.4. The first-order chi connectivity index (χ1) is 12.7. The predicted octanol–water partition coefficient (Wildman–Crippen LogP) is 3.62. The largest absolute Gasteiger partial charge is 0.355 e. The molecule has 3 heterocycles. The number of piperidine rings is 1. The summed E-state index contributed by atoms with van der Waals surface area (Å²) in [6.07, 6.45) is 6.50. The minimum atomic E-state index is 0.123. The topological polar surface area (TPSA) is 68.6 Å². The van der Waals surface area contributed by atoms with E-state index in [1.807, 2.05) is 37.4 Å². The molecule has 2 aromatic heterocycles. The smallest absolute Gasteiger partial charge is 0.147 e. The van der Waals surface area contributed by atoms with E-state index in [9.17, 15) is 5.26 Å². The van der Waals surface area contributed by atoms with Crippen molar-refractivity contribution in [1.29, 1.82) is 5.26 Å². The summed E-state index contributed by atoms with van der Waals surface area (Å²) in [6, 6.07) is 10.5. The zero-order valence-corrected chi connectivity index (χ0v) is 14.9. The first-order valence-electron chi connectivity index (χ1n) is 9.29. The van der Waals surface area contributed by atoms with E-state index >= 15 is 0 Å². The summed E-state index contributed by atoms with van der Waals surface area (Å²) in [6.45, 7) is 3.89. The van der Waals surface area contributed by atoms with Crippen molar-refractivity contribution in [1.82, 2.24) is 15.2 Å². The van der Waals surface area contributed by atoms with Gasteiger partial charge in [0, 0.05) is 29.6 Å². The summed E-state index contributed by atoms with van der Waals surface area (Å²) in [7, 11) is 0. The Morgan fingerprint density at radius 2 is 2.15 bits per heavy atom. The third kappa shape index (κ3) is 2.08. The Morgan fingerprint density at radius 1 is 1.27 bits per heavy atom. The fourth-order valence-electron chi connectivity index (χ4n) is 4.90. The van der Waals surface area contributed by atoms with E-state index in [1.54, 1.807) is 0 Å². The van der Waals surface area contributed by atoms with Crippen molar-refractivity contribution < 1.29 is 0 Å². The van der Waals surface area contributed by atoms with Crippen LogP contribution in [-0.2, 0) is 11.8 Å². The second-order valence-electron chi connectivity index (χ2n) is 7.64. The van der Waals surface area contributed by atoms with Crippen LogP contribution in [0.2, 0.25) is 0 Å². The molecule has 2 aliphatic rings. The van der Waals surface area contributed by atoms with Crippen LogP contribution in [0.4, 0.5) is 5.82 Å². The Hall–Kier alpha value is -2.87. The molecule has 3 aromatic rings. The maximum atomic E-state index is 9.84. The van der Waals surface area contributed by atoms with Gasteiger partial charge in [-0.25, -0.2) is 4.98 Å². The average Bonchev–Trinajstić information content (AvgIpc) is 3.27. The van der Waals surface area contributed by atoms with Crippen LogP contribution in [0, 0.1) is 18.3 Å². The first kappa shape index (κ1) is 15.4. The van der Waals surface area contributed by atoms with Crippen LogP contribution < -0.4 is 4.90 Å². The van der Waals surface area contributed by atoms with E-state index in [1.165, 1.54) is 17.7 Å². The second kappa shape index (κ2) is 5.57. The van der Waals surface area contributed by atoms with Gasteiger partial charge < -0.3 is 4.90 Å². The number of anilines is 1. The van der Waals surface area contributed by atoms with E-state index in [-0.39, 0.29) is 5.41 Å². The monoisotopic (exact) mass is 343 g/mol. The number of hydrogen-bond acceptors (Lipinski definition) is 4. The van der Waals surface area contributed by atoms with Crippen LogP contribution in [0.5, 0.6) is 0 Å². The number of fused-ring (bicyclic) bond motifs is 3. The lowest BCUT2D eigenvalue weighted by molar-refractivity contribution is 0.331. The van der Waals surface area contributed by atoms with Gasteiger partial charge in [-0.2, -0.15) is 10.4 Å². The molecular formula is C21H21N5. The highest BCUT2D eigenvalue weighted by Gasteiger charge is 2.44. The van der Waals surface area contributed by atoms with Gasteiger partial charge in [0.2, 0.25) is 0 Å². The summed E-state index contributed by atoms with van der Waals surface area (Å²) in [5.74, 6) is 0.843. The van der Waals surface area contributed by atoms with Crippen molar-refractivity contribution >= 4 is 16.7 Å². The number of aromatic amines is 1. The zero-order chi connectivity index (χ0) is 17.7. The number of nitrogens with zero attached hydrogens (tertiary/aromatic N) is 4. The number of aromatic nitrogens is 3. The van der Waals surface area contributed by atoms with Crippen LogP contribution in [0.15, 0.2) is 30.5 Å². The average molecular weight is 343 g/mol. The fraction of sp³-hybridized carbons (Fsp3) is 0.381. The summed E-state index contributed by atoms with van der Waals surface area (Å²) in [4.78, 5) is 7.24. The SMILES string of the molecule is Cc1c(C#N)c(N2CCCC3(CCc4cn[nH]c43)C2)nc2ccccc12. The number of benzene rings is 1. The van der Waals surface area contributed by atoms with Crippen molar-refractivity contribution in [2.45, 2.75) is 38.0 Å². The molecule has 1 saturated heterocycles. The van der Waals surface area contributed by atoms with E-state index < -0.39 is 0 Å². The predicted molar refractivity (Wildman–Crippen MR) is 101 cm³/mol. The van der Waals surface area contributed by atoms with Crippen molar-refractivity contribution in [3.8, 4) is 6.07 Å². The Bertz CT molecular complexity index is 1040. The van der Waals surface area contributed by atoms with Gasteiger partial charge in [-0.3, -0.25) is 5.10 Å². The molecule has 1 aliphatic carbocycles. The Balaban J connectivity index is 1.61. The summed E-state index contributed by atoms with van der Waals surface area (Å²) in [5.41, 5.74) is 5.49. The lowest BCUT2D eigenvalue weighted by atomic mass is 9.77. The van der Waals surface area contributed by atoms with Crippen LogP contribution in [0.25, 0.3) is 10.9 Å². The molecule has 1 atom stereocenters. The molecule has 1 aromatic carbocycles. The fourth-order valence-corrected chi connectivity index (χ4v) is 4.90. The number of nitriles is 1. The molecule has 1 unspecified atom stereocenters. The Kier molecular flexibility index (Phi) is 3.30. The van der Waals surface area contributed by atoms with E-state index in [0.29, 0.717) is 5.56 Å². The lowest BCUT2D eigenvalue weighted by Crippen LogP contribution is -2.46. The van der Waals surface area contributed by atoms with Crippen LogP contribution in [0.1, 0.15) is 41.6 Å². The number of aryl methyl sites for hydroxylation is 2. The van der Waals surface area contributed by atoms with Crippen molar-refractivity contribution in [2.75, 3.05) is 18.0 Å². The van der Waals surface area contributed by atoms with Gasteiger partial charge in [-0.05, 0) is 49.8 Å². The molecule has 5 heteroatoms. The highest BCUT2D eigenvalue weighted by Crippen LogP contribution is 2.45. The number of para-hydroxylation sites is 1. The molecule has 0 bridgehead atoms. The molecule has 5 rings (SSSR count). The van der Waals surface area contributed by atoms with Gasteiger partial charge in [0.25, 0.3) is 0 Å². The number of H-pyrrole nitrogens is 1. The zero-order valence-electron chi connectivity index (χ0n) is 14.9. The second-order valence-corrected chi connectivity index (χ2v) is 7.64. The van der Waals surface area contributed by atoms with Crippen LogP contribution in [-0.4, -0.2) is 28.3 Å². The van der Waals surface area contributed by atoms with Crippen LogP contribution >= 0.6 is 0 Å². The Morgan fingerprint density at radius 3 is 3.04 bits per heavy atom. The van der Waals surface area contributed by atoms with Crippen LogP contribution in [0.3, 0.4) is 0 Å². The van der Waals surface area contributed by atoms with Crippen molar-refractivity contribution in [2.24, 2.45) is 0 Å². The van der Waals surface area contributed by atoms with E-state index in [0.717, 1.165) is 54.6 Å². The minimum Gasteiger partial charge on any atom is -0.355 e. The van der Waals surface area contributed by atoms with E-state index in [4.69, 9.17) is 4.98 Å². The van der Waals surface area contributed by atoms with Gasteiger partial charge in [0.15, 0.2) is 0 Å². The Labute approximate surface area is 152 Å². The minimum absolute atomic E-state index is 0.123. The first-order valence-corrected chi connectivity index (χ1v) is 9.29. The van der Waals surface area contributed by atoms with Gasteiger partial charge >= 0.3 is 0 Å². The van der Waals surface area contributed by atoms with Crippen molar-refractivity contribution in [3.63, 3.8) is 0 Å².